The van der Waals surface area contributed by atoms with E-state index in [1.165, 1.54) is 12.1 Å². The second-order valence-corrected chi connectivity index (χ2v) is 4.21. The van der Waals surface area contributed by atoms with E-state index in [2.05, 4.69) is 4.84 Å². The number of nitrogens with zero attached hydrogens (tertiary/aromatic N) is 1. The molecule has 1 fully saturated rings. The first-order chi connectivity index (χ1) is 5.71. The molecule has 0 amide bonds. The summed E-state index contributed by atoms with van der Waals surface area (Å²) in [6, 6.07) is 8.20. The molecule has 1 aromatic rings. The molecule has 0 aromatic heterocycles. The maximum Gasteiger partial charge on any atom is 0.267 e. The Morgan fingerprint density at radius 1 is 1.25 bits per heavy atom. The van der Waals surface area contributed by atoms with Crippen LogP contribution < -0.4 is 0 Å². The van der Waals surface area contributed by atoms with Crippen molar-refractivity contribution in [3.63, 3.8) is 0 Å². The van der Waals surface area contributed by atoms with E-state index in [-0.39, 0.29) is 11.6 Å². The van der Waals surface area contributed by atoms with Crippen molar-refractivity contribution in [2.24, 2.45) is 0 Å². The van der Waals surface area contributed by atoms with Gasteiger partial charge < -0.3 is 0 Å². The highest BCUT2D eigenvalue weighted by Crippen LogP contribution is 2.21. The summed E-state index contributed by atoms with van der Waals surface area (Å²) in [5.41, 5.74) is 0. The van der Waals surface area contributed by atoms with E-state index in [4.69, 9.17) is 0 Å². The molecule has 64 valence electrons. The van der Waals surface area contributed by atoms with Gasteiger partial charge in [-0.05, 0) is 16.6 Å². The molecule has 0 radical (unpaired) electrons. The van der Waals surface area contributed by atoms with Crippen LogP contribution in [0.2, 0.25) is 0 Å². The third-order valence-electron chi connectivity index (χ3n) is 1.54. The van der Waals surface area contributed by atoms with Crippen LogP contribution in [0.15, 0.2) is 35.2 Å². The smallest absolute Gasteiger partial charge is 0.262 e. The van der Waals surface area contributed by atoms with Gasteiger partial charge in [-0.1, -0.05) is 18.2 Å². The van der Waals surface area contributed by atoms with E-state index in [1.807, 2.05) is 0 Å². The van der Waals surface area contributed by atoms with Crippen molar-refractivity contribution in [3.05, 3.63) is 30.3 Å². The van der Waals surface area contributed by atoms with E-state index in [0.29, 0.717) is 0 Å². The predicted octanol–water partition coefficient (Wildman–Crippen LogP) is 0.580. The largest absolute Gasteiger partial charge is 0.267 e. The fraction of sp³-hybridized carbons (Fsp3) is 0.143. The molecular weight excluding hydrogens is 178 g/mol. The van der Waals surface area contributed by atoms with Crippen LogP contribution in [0, 0.1) is 0 Å². The number of hydrogen-bond acceptors (Lipinski definition) is 3. The lowest BCUT2D eigenvalue weighted by molar-refractivity contribution is 0.294. The van der Waals surface area contributed by atoms with Crippen molar-refractivity contribution in [3.8, 4) is 0 Å². The molecule has 5 heteroatoms. The van der Waals surface area contributed by atoms with Crippen molar-refractivity contribution in [2.45, 2.75) is 4.90 Å². The van der Waals surface area contributed by atoms with Crippen LogP contribution >= 0.6 is 0 Å². The highest BCUT2D eigenvalue weighted by Gasteiger charge is 2.35. The van der Waals surface area contributed by atoms with Gasteiger partial charge in [0.25, 0.3) is 10.0 Å². The van der Waals surface area contributed by atoms with Gasteiger partial charge >= 0.3 is 0 Å². The minimum atomic E-state index is -3.35. The molecule has 0 N–H and O–H groups in total. The fourth-order valence-electron chi connectivity index (χ4n) is 0.872. The Bertz CT molecular complexity index is 369. The lowest BCUT2D eigenvalue weighted by Crippen LogP contribution is -2.10. The van der Waals surface area contributed by atoms with Gasteiger partial charge in [0.05, 0.1) is 4.90 Å². The normalized spacial score (nSPS) is 22.2. The first kappa shape index (κ1) is 7.72. The highest BCUT2D eigenvalue weighted by atomic mass is 32.2. The number of rotatable bonds is 2. The molecule has 0 bridgehead atoms. The van der Waals surface area contributed by atoms with Gasteiger partial charge in [0.1, 0.15) is 0 Å². The summed E-state index contributed by atoms with van der Waals surface area (Å²) in [5.74, 6) is 0. The first-order valence-electron chi connectivity index (χ1n) is 3.42. The maximum absolute atomic E-state index is 11.4. The molecule has 0 aliphatic carbocycles. The summed E-state index contributed by atoms with van der Waals surface area (Å²) < 4.78 is 23.7. The van der Waals surface area contributed by atoms with Crippen molar-refractivity contribution >= 4 is 10.0 Å². The van der Waals surface area contributed by atoms with E-state index in [1.54, 1.807) is 18.2 Å². The van der Waals surface area contributed by atoms with E-state index < -0.39 is 10.0 Å². The predicted molar refractivity (Wildman–Crippen MR) is 41.4 cm³/mol. The van der Waals surface area contributed by atoms with Crippen molar-refractivity contribution in [2.75, 3.05) is 6.73 Å². The molecule has 1 saturated heterocycles. The molecule has 1 atom stereocenters. The molecule has 4 nitrogen and oxygen atoms in total. The Kier molecular flexibility index (Phi) is 1.64. The topological polar surface area (TPSA) is 49.7 Å². The van der Waals surface area contributed by atoms with Crippen molar-refractivity contribution in [1.82, 2.24) is 4.47 Å². The maximum atomic E-state index is 11.4. The molecule has 0 spiro atoms. The second-order valence-electron chi connectivity index (χ2n) is 2.38. The van der Waals surface area contributed by atoms with Crippen LogP contribution in [0.3, 0.4) is 0 Å². The summed E-state index contributed by atoms with van der Waals surface area (Å²) in [6.45, 7) is 0.164. The van der Waals surface area contributed by atoms with Crippen LogP contribution in [0.25, 0.3) is 0 Å². The molecular formula is C7H7NO3S. The highest BCUT2D eigenvalue weighted by molar-refractivity contribution is 7.89. The van der Waals surface area contributed by atoms with Crippen molar-refractivity contribution < 1.29 is 13.3 Å². The zero-order valence-corrected chi connectivity index (χ0v) is 6.99. The van der Waals surface area contributed by atoms with Gasteiger partial charge in [-0.2, -0.15) is 0 Å². The third kappa shape index (κ3) is 1.22. The number of hydroxylamine groups is 1. The molecule has 1 aliphatic heterocycles. The molecule has 2 rings (SSSR count). The number of hydrogen-bond donors (Lipinski definition) is 0. The zero-order chi connectivity index (χ0) is 8.60. The lowest BCUT2D eigenvalue weighted by Gasteiger charge is -1.99. The van der Waals surface area contributed by atoms with Crippen LogP contribution in [-0.2, 0) is 14.9 Å². The first-order valence-corrected chi connectivity index (χ1v) is 4.86. The van der Waals surface area contributed by atoms with Crippen molar-refractivity contribution in [1.29, 1.82) is 0 Å². The minimum absolute atomic E-state index is 0.164. The molecule has 1 aliphatic rings. The minimum Gasteiger partial charge on any atom is -0.262 e. The molecule has 1 unspecified atom stereocenters. The van der Waals surface area contributed by atoms with Gasteiger partial charge in [0, 0.05) is 0 Å². The van der Waals surface area contributed by atoms with Gasteiger partial charge in [-0.25, -0.2) is 8.42 Å². The SMILES string of the molecule is O=S(=O)(c1ccccc1)N1CO1. The van der Waals surface area contributed by atoms with Gasteiger partial charge in [-0.15, -0.1) is 0 Å². The lowest BCUT2D eigenvalue weighted by atomic mass is 10.4. The van der Waals surface area contributed by atoms with Crippen LogP contribution in [0.1, 0.15) is 0 Å². The Labute approximate surface area is 70.4 Å². The average Bonchev–Trinajstić information content (AvgIpc) is 2.88. The molecule has 0 saturated carbocycles. The monoisotopic (exact) mass is 185 g/mol. The van der Waals surface area contributed by atoms with Crippen LogP contribution in [-0.4, -0.2) is 19.6 Å². The Morgan fingerprint density at radius 2 is 1.83 bits per heavy atom. The average molecular weight is 185 g/mol. The summed E-state index contributed by atoms with van der Waals surface area (Å²) >= 11 is 0. The molecule has 12 heavy (non-hydrogen) atoms. The van der Waals surface area contributed by atoms with E-state index >= 15 is 0 Å². The summed E-state index contributed by atoms with van der Waals surface area (Å²) in [4.78, 5) is 4.84. The standard InChI is InChI=1S/C7H7NO3S/c9-12(10,8-6-11-8)7-4-2-1-3-5-7/h1-5H,6H2. The summed E-state index contributed by atoms with van der Waals surface area (Å²) in [6.07, 6.45) is 0. The van der Waals surface area contributed by atoms with Crippen LogP contribution in [0.4, 0.5) is 0 Å². The van der Waals surface area contributed by atoms with E-state index in [0.717, 1.165) is 4.47 Å². The second kappa shape index (κ2) is 2.55. The number of sulfonamides is 1. The molecule has 1 heterocycles. The number of benzene rings is 1. The van der Waals surface area contributed by atoms with E-state index in [9.17, 15) is 8.42 Å². The zero-order valence-electron chi connectivity index (χ0n) is 6.17. The molecule has 1 aromatic carbocycles. The summed E-state index contributed by atoms with van der Waals surface area (Å²) in [7, 11) is -3.35. The van der Waals surface area contributed by atoms with Gasteiger partial charge in [0.2, 0.25) is 0 Å². The summed E-state index contributed by atoms with van der Waals surface area (Å²) in [5, 5.41) is 0. The third-order valence-corrected chi connectivity index (χ3v) is 3.16. The Morgan fingerprint density at radius 3 is 2.33 bits per heavy atom. The Balaban J connectivity index is 2.42. The van der Waals surface area contributed by atoms with Gasteiger partial charge in [-0.3, -0.25) is 4.84 Å². The quantitative estimate of drug-likeness (QED) is 0.633. The fourth-order valence-corrected chi connectivity index (χ4v) is 1.93. The Hall–Kier alpha value is -0.910. The van der Waals surface area contributed by atoms with Crippen LogP contribution in [0.5, 0.6) is 0 Å². The van der Waals surface area contributed by atoms with Gasteiger partial charge in [0.15, 0.2) is 6.73 Å².